The first-order valence-electron chi connectivity index (χ1n) is 7.41. The Balaban J connectivity index is 2.08. The minimum atomic E-state index is -0.0551. The molecule has 0 fully saturated rings. The molecule has 6 heteroatoms. The van der Waals surface area contributed by atoms with Crippen LogP contribution >= 0.6 is 11.6 Å². The molecule has 1 atom stereocenters. The SMILES string of the molecule is Cc1ccnc2c1/C(=N/N=C(N)N)CC(c1ccccc1Cl)C2. The zero-order valence-electron chi connectivity index (χ0n) is 12.8. The highest BCUT2D eigenvalue weighted by molar-refractivity contribution is 6.31. The van der Waals surface area contributed by atoms with Crippen LogP contribution in [0.5, 0.6) is 0 Å². The smallest absolute Gasteiger partial charge is 0.211 e. The van der Waals surface area contributed by atoms with E-state index in [4.69, 9.17) is 23.1 Å². The summed E-state index contributed by atoms with van der Waals surface area (Å²) < 4.78 is 0. The van der Waals surface area contributed by atoms with Crippen LogP contribution < -0.4 is 11.5 Å². The predicted octanol–water partition coefficient (Wildman–Crippen LogP) is 2.75. The summed E-state index contributed by atoms with van der Waals surface area (Å²) in [5.74, 6) is 0.152. The van der Waals surface area contributed by atoms with Crippen molar-refractivity contribution in [2.75, 3.05) is 0 Å². The van der Waals surface area contributed by atoms with Crippen molar-refractivity contribution in [2.24, 2.45) is 21.7 Å². The zero-order chi connectivity index (χ0) is 16.4. The molecule has 23 heavy (non-hydrogen) atoms. The standard InChI is InChI=1S/C17H18ClN5/c1-10-6-7-21-14-8-11(12-4-2-3-5-13(12)18)9-15(16(10)14)22-23-17(19)20/h2-7,11H,8-9H2,1H3,(H4,19,20,23)/b22-15+. The molecule has 1 unspecified atom stereocenters. The van der Waals surface area contributed by atoms with Crippen LogP contribution in [0.15, 0.2) is 46.7 Å². The molecular formula is C17H18ClN5. The largest absolute Gasteiger partial charge is 0.369 e. The first-order valence-corrected chi connectivity index (χ1v) is 7.78. The summed E-state index contributed by atoms with van der Waals surface area (Å²) in [6, 6.07) is 9.85. The second kappa shape index (κ2) is 6.38. The van der Waals surface area contributed by atoms with E-state index in [-0.39, 0.29) is 11.9 Å². The zero-order valence-corrected chi connectivity index (χ0v) is 13.6. The maximum absolute atomic E-state index is 6.36. The lowest BCUT2D eigenvalue weighted by Crippen LogP contribution is -2.24. The van der Waals surface area contributed by atoms with Crippen molar-refractivity contribution >= 4 is 23.3 Å². The Labute approximate surface area is 140 Å². The molecule has 0 spiro atoms. The van der Waals surface area contributed by atoms with Gasteiger partial charge in [-0.2, -0.15) is 5.10 Å². The van der Waals surface area contributed by atoms with Crippen molar-refractivity contribution in [3.05, 3.63) is 63.9 Å². The van der Waals surface area contributed by atoms with E-state index in [2.05, 4.69) is 15.2 Å². The predicted molar refractivity (Wildman–Crippen MR) is 93.8 cm³/mol. The van der Waals surface area contributed by atoms with Crippen LogP contribution in [0.2, 0.25) is 5.02 Å². The van der Waals surface area contributed by atoms with Crippen LogP contribution in [0, 0.1) is 6.92 Å². The third-order valence-electron chi connectivity index (χ3n) is 4.04. The number of hydrogen-bond acceptors (Lipinski definition) is 3. The average Bonchev–Trinajstić information content (AvgIpc) is 2.53. The van der Waals surface area contributed by atoms with Gasteiger partial charge >= 0.3 is 0 Å². The van der Waals surface area contributed by atoms with Crippen LogP contribution in [0.3, 0.4) is 0 Å². The topological polar surface area (TPSA) is 89.6 Å². The van der Waals surface area contributed by atoms with Gasteiger partial charge in [-0.1, -0.05) is 29.8 Å². The molecule has 0 radical (unpaired) electrons. The summed E-state index contributed by atoms with van der Waals surface area (Å²) >= 11 is 6.36. The summed E-state index contributed by atoms with van der Waals surface area (Å²) in [6.45, 7) is 2.04. The molecule has 1 aliphatic rings. The number of nitrogens with zero attached hydrogens (tertiary/aromatic N) is 3. The fourth-order valence-corrected chi connectivity index (χ4v) is 3.33. The van der Waals surface area contributed by atoms with Gasteiger partial charge in [0, 0.05) is 16.8 Å². The Morgan fingerprint density at radius 3 is 2.74 bits per heavy atom. The van der Waals surface area contributed by atoms with Crippen LogP contribution in [-0.2, 0) is 6.42 Å². The van der Waals surface area contributed by atoms with Crippen molar-refractivity contribution in [2.45, 2.75) is 25.7 Å². The Morgan fingerprint density at radius 1 is 1.22 bits per heavy atom. The van der Waals surface area contributed by atoms with E-state index in [0.717, 1.165) is 46.0 Å². The minimum absolute atomic E-state index is 0.0551. The van der Waals surface area contributed by atoms with Gasteiger partial charge < -0.3 is 11.5 Å². The van der Waals surface area contributed by atoms with Gasteiger partial charge in [0.15, 0.2) is 0 Å². The number of rotatable bonds is 2. The first-order chi connectivity index (χ1) is 11.1. The Hall–Kier alpha value is -2.40. The quantitative estimate of drug-likeness (QED) is 0.505. The van der Waals surface area contributed by atoms with E-state index in [1.807, 2.05) is 43.5 Å². The minimum Gasteiger partial charge on any atom is -0.369 e. The Morgan fingerprint density at radius 2 is 2.00 bits per heavy atom. The molecule has 4 N–H and O–H groups in total. The van der Waals surface area contributed by atoms with Crippen molar-refractivity contribution in [3.8, 4) is 0 Å². The molecule has 0 aliphatic heterocycles. The van der Waals surface area contributed by atoms with Crippen molar-refractivity contribution in [1.29, 1.82) is 0 Å². The summed E-state index contributed by atoms with van der Waals surface area (Å²) in [6.07, 6.45) is 3.36. The van der Waals surface area contributed by atoms with E-state index < -0.39 is 0 Å². The van der Waals surface area contributed by atoms with E-state index >= 15 is 0 Å². The molecule has 0 saturated carbocycles. The van der Waals surface area contributed by atoms with Crippen molar-refractivity contribution in [1.82, 2.24) is 4.98 Å². The third-order valence-corrected chi connectivity index (χ3v) is 4.38. The van der Waals surface area contributed by atoms with Gasteiger partial charge in [0.1, 0.15) is 0 Å². The molecule has 118 valence electrons. The molecular weight excluding hydrogens is 310 g/mol. The number of aryl methyl sites for hydroxylation is 1. The second-order valence-corrected chi connectivity index (χ2v) is 6.05. The van der Waals surface area contributed by atoms with Gasteiger partial charge in [-0.05, 0) is 48.9 Å². The molecule has 0 saturated heterocycles. The average molecular weight is 328 g/mol. The molecule has 1 aromatic heterocycles. The van der Waals surface area contributed by atoms with Crippen molar-refractivity contribution in [3.63, 3.8) is 0 Å². The highest BCUT2D eigenvalue weighted by Crippen LogP contribution is 2.36. The van der Waals surface area contributed by atoms with E-state index in [1.165, 1.54) is 0 Å². The third kappa shape index (κ3) is 3.19. The monoisotopic (exact) mass is 327 g/mol. The summed E-state index contributed by atoms with van der Waals surface area (Å²) in [4.78, 5) is 4.53. The van der Waals surface area contributed by atoms with Gasteiger partial charge in [0.2, 0.25) is 5.96 Å². The van der Waals surface area contributed by atoms with Crippen LogP contribution in [0.4, 0.5) is 0 Å². The molecule has 5 nitrogen and oxygen atoms in total. The van der Waals surface area contributed by atoms with Gasteiger partial charge in [-0.25, -0.2) is 0 Å². The molecule has 1 aromatic carbocycles. The Bertz CT molecular complexity index is 793. The number of fused-ring (bicyclic) bond motifs is 1. The lowest BCUT2D eigenvalue weighted by Gasteiger charge is -2.26. The van der Waals surface area contributed by atoms with Gasteiger partial charge in [0.25, 0.3) is 0 Å². The maximum Gasteiger partial charge on any atom is 0.211 e. The van der Waals surface area contributed by atoms with E-state index in [0.29, 0.717) is 0 Å². The summed E-state index contributed by atoms with van der Waals surface area (Å²) in [7, 11) is 0. The van der Waals surface area contributed by atoms with Gasteiger partial charge in [-0.3, -0.25) is 4.98 Å². The normalized spacial score (nSPS) is 18.5. The second-order valence-electron chi connectivity index (χ2n) is 5.65. The lowest BCUT2D eigenvalue weighted by molar-refractivity contribution is 0.677. The number of aromatic nitrogens is 1. The lowest BCUT2D eigenvalue weighted by atomic mass is 9.80. The highest BCUT2D eigenvalue weighted by Gasteiger charge is 2.28. The number of guanidine groups is 1. The first kappa shape index (κ1) is 15.5. The van der Waals surface area contributed by atoms with E-state index in [9.17, 15) is 0 Å². The van der Waals surface area contributed by atoms with Crippen molar-refractivity contribution < 1.29 is 0 Å². The van der Waals surface area contributed by atoms with Crippen LogP contribution in [0.25, 0.3) is 0 Å². The van der Waals surface area contributed by atoms with Crippen LogP contribution in [-0.4, -0.2) is 16.7 Å². The fourth-order valence-electron chi connectivity index (χ4n) is 3.04. The number of hydrogen-bond donors (Lipinski definition) is 2. The summed E-state index contributed by atoms with van der Waals surface area (Å²) in [5.41, 5.74) is 16.0. The number of nitrogens with two attached hydrogens (primary N) is 2. The van der Waals surface area contributed by atoms with E-state index in [1.54, 1.807) is 0 Å². The highest BCUT2D eigenvalue weighted by atomic mass is 35.5. The fraction of sp³-hybridized carbons (Fsp3) is 0.235. The molecule has 3 rings (SSSR count). The summed E-state index contributed by atoms with van der Waals surface area (Å²) in [5, 5.41) is 8.86. The van der Waals surface area contributed by atoms with Crippen LogP contribution in [0.1, 0.15) is 34.7 Å². The molecule has 2 aromatic rings. The molecule has 1 heterocycles. The molecule has 0 bridgehead atoms. The number of halogens is 1. The molecule has 0 amide bonds. The van der Waals surface area contributed by atoms with Gasteiger partial charge in [0.05, 0.1) is 11.4 Å². The Kier molecular flexibility index (Phi) is 4.30. The number of benzene rings is 1. The maximum atomic E-state index is 6.36. The molecule has 1 aliphatic carbocycles. The van der Waals surface area contributed by atoms with Gasteiger partial charge in [-0.15, -0.1) is 5.10 Å². The number of pyridine rings is 1.